The van der Waals surface area contributed by atoms with Crippen molar-refractivity contribution in [2.24, 2.45) is 0 Å². The molecule has 0 unspecified atom stereocenters. The molecule has 0 spiro atoms. The Bertz CT molecular complexity index is 623. The summed E-state index contributed by atoms with van der Waals surface area (Å²) in [6.07, 6.45) is 3.22. The SMILES string of the molecule is CCCCS(=O)(=O)NC1(c2ccc3c(c2)OCCO3)CC1. The largest absolute Gasteiger partial charge is 0.486 e. The van der Waals surface area contributed by atoms with E-state index in [1.54, 1.807) is 0 Å². The van der Waals surface area contributed by atoms with Crippen molar-refractivity contribution in [3.05, 3.63) is 23.8 Å². The molecular formula is C15H21NO4S. The van der Waals surface area contributed by atoms with Crippen LogP contribution in [0.3, 0.4) is 0 Å². The lowest BCUT2D eigenvalue weighted by Crippen LogP contribution is -2.36. The predicted molar refractivity (Wildman–Crippen MR) is 80.2 cm³/mol. The van der Waals surface area contributed by atoms with Crippen LogP contribution in [-0.2, 0) is 15.6 Å². The molecule has 0 amide bonds. The van der Waals surface area contributed by atoms with E-state index in [1.807, 2.05) is 25.1 Å². The molecule has 3 rings (SSSR count). The molecule has 0 atom stereocenters. The quantitative estimate of drug-likeness (QED) is 0.874. The molecular weight excluding hydrogens is 290 g/mol. The minimum absolute atomic E-state index is 0.190. The summed E-state index contributed by atoms with van der Waals surface area (Å²) in [6.45, 7) is 3.08. The molecule has 116 valence electrons. The normalized spacial score (nSPS) is 19.3. The Morgan fingerprint density at radius 3 is 2.57 bits per heavy atom. The van der Waals surface area contributed by atoms with Gasteiger partial charge >= 0.3 is 0 Å². The maximum atomic E-state index is 12.1. The first kappa shape index (κ1) is 14.7. The summed E-state index contributed by atoms with van der Waals surface area (Å²) in [5.41, 5.74) is 0.523. The lowest BCUT2D eigenvalue weighted by molar-refractivity contribution is 0.171. The summed E-state index contributed by atoms with van der Waals surface area (Å²) in [5.74, 6) is 1.63. The molecule has 0 bridgehead atoms. The first-order valence-electron chi connectivity index (χ1n) is 7.46. The fourth-order valence-electron chi connectivity index (χ4n) is 2.60. The second kappa shape index (κ2) is 5.50. The van der Waals surface area contributed by atoms with Crippen LogP contribution in [0.2, 0.25) is 0 Å². The van der Waals surface area contributed by atoms with Gasteiger partial charge in [0.15, 0.2) is 11.5 Å². The number of rotatable bonds is 6. The monoisotopic (exact) mass is 311 g/mol. The molecule has 1 N–H and O–H groups in total. The van der Waals surface area contributed by atoms with E-state index in [0.29, 0.717) is 25.4 Å². The lowest BCUT2D eigenvalue weighted by Gasteiger charge is -2.22. The van der Waals surface area contributed by atoms with Gasteiger partial charge in [0.1, 0.15) is 13.2 Å². The van der Waals surface area contributed by atoms with Gasteiger partial charge in [0, 0.05) is 0 Å². The zero-order valence-electron chi connectivity index (χ0n) is 12.2. The summed E-state index contributed by atoms with van der Waals surface area (Å²) in [6, 6.07) is 5.71. The van der Waals surface area contributed by atoms with Gasteiger partial charge in [0.2, 0.25) is 10.0 Å². The second-order valence-electron chi connectivity index (χ2n) is 5.72. The van der Waals surface area contributed by atoms with Crippen LogP contribution in [0.15, 0.2) is 18.2 Å². The van der Waals surface area contributed by atoms with Crippen LogP contribution in [0.25, 0.3) is 0 Å². The van der Waals surface area contributed by atoms with Crippen molar-refractivity contribution in [1.29, 1.82) is 0 Å². The van der Waals surface area contributed by atoms with E-state index < -0.39 is 15.6 Å². The Morgan fingerprint density at radius 2 is 1.90 bits per heavy atom. The maximum absolute atomic E-state index is 12.1. The molecule has 0 aromatic heterocycles. The number of nitrogens with one attached hydrogen (secondary N) is 1. The van der Waals surface area contributed by atoms with E-state index in [2.05, 4.69) is 4.72 Å². The molecule has 1 heterocycles. The Morgan fingerprint density at radius 1 is 1.19 bits per heavy atom. The maximum Gasteiger partial charge on any atom is 0.212 e. The van der Waals surface area contributed by atoms with E-state index in [-0.39, 0.29) is 5.75 Å². The van der Waals surface area contributed by atoms with Crippen LogP contribution >= 0.6 is 0 Å². The molecule has 5 nitrogen and oxygen atoms in total. The zero-order chi connectivity index (χ0) is 14.9. The molecule has 1 aromatic rings. The number of hydrogen-bond donors (Lipinski definition) is 1. The Labute approximate surface area is 125 Å². The van der Waals surface area contributed by atoms with Crippen LogP contribution in [-0.4, -0.2) is 27.4 Å². The van der Waals surface area contributed by atoms with Crippen LogP contribution in [0.5, 0.6) is 11.5 Å². The van der Waals surface area contributed by atoms with Gasteiger partial charge in [0.05, 0.1) is 11.3 Å². The van der Waals surface area contributed by atoms with Gasteiger partial charge in [-0.15, -0.1) is 0 Å². The van der Waals surface area contributed by atoms with Gasteiger partial charge in [-0.3, -0.25) is 0 Å². The van der Waals surface area contributed by atoms with E-state index in [0.717, 1.165) is 30.6 Å². The standard InChI is InChI=1S/C15H21NO4S/c1-2-3-10-21(17,18)16-15(6-7-15)12-4-5-13-14(11-12)20-9-8-19-13/h4-5,11,16H,2-3,6-10H2,1H3. The van der Waals surface area contributed by atoms with Crippen LogP contribution in [0.1, 0.15) is 38.2 Å². The molecule has 1 saturated carbocycles. The van der Waals surface area contributed by atoms with Crippen LogP contribution < -0.4 is 14.2 Å². The molecule has 21 heavy (non-hydrogen) atoms. The van der Waals surface area contributed by atoms with E-state index >= 15 is 0 Å². The highest BCUT2D eigenvalue weighted by atomic mass is 32.2. The highest BCUT2D eigenvalue weighted by Gasteiger charge is 2.47. The third-order valence-corrected chi connectivity index (χ3v) is 5.49. The summed E-state index contributed by atoms with van der Waals surface area (Å²) in [4.78, 5) is 0. The molecule has 1 aromatic carbocycles. The van der Waals surface area contributed by atoms with Crippen molar-refractivity contribution >= 4 is 10.0 Å². The fourth-order valence-corrected chi connectivity index (χ4v) is 4.29. The summed E-state index contributed by atoms with van der Waals surface area (Å²) >= 11 is 0. The topological polar surface area (TPSA) is 64.6 Å². The molecule has 0 saturated heterocycles. The van der Waals surface area contributed by atoms with Gasteiger partial charge in [-0.1, -0.05) is 19.4 Å². The Hall–Kier alpha value is -1.27. The summed E-state index contributed by atoms with van der Waals surface area (Å²) in [5, 5.41) is 0. The lowest BCUT2D eigenvalue weighted by atomic mass is 10.1. The van der Waals surface area contributed by atoms with E-state index in [9.17, 15) is 8.42 Å². The van der Waals surface area contributed by atoms with Crippen molar-refractivity contribution in [3.63, 3.8) is 0 Å². The molecule has 1 fully saturated rings. The van der Waals surface area contributed by atoms with Crippen molar-refractivity contribution in [3.8, 4) is 11.5 Å². The summed E-state index contributed by atoms with van der Waals surface area (Å²) in [7, 11) is -3.23. The minimum atomic E-state index is -3.23. The average molecular weight is 311 g/mol. The highest BCUT2D eigenvalue weighted by Crippen LogP contribution is 2.48. The number of sulfonamides is 1. The van der Waals surface area contributed by atoms with Gasteiger partial charge < -0.3 is 9.47 Å². The van der Waals surface area contributed by atoms with Crippen molar-refractivity contribution in [2.75, 3.05) is 19.0 Å². The van der Waals surface area contributed by atoms with Crippen molar-refractivity contribution < 1.29 is 17.9 Å². The summed E-state index contributed by atoms with van der Waals surface area (Å²) < 4.78 is 38.2. The zero-order valence-corrected chi connectivity index (χ0v) is 13.0. The van der Waals surface area contributed by atoms with Gasteiger partial charge in [0.25, 0.3) is 0 Å². The van der Waals surface area contributed by atoms with Crippen LogP contribution in [0.4, 0.5) is 0 Å². The Balaban J connectivity index is 1.79. The number of benzene rings is 1. The minimum Gasteiger partial charge on any atom is -0.486 e. The number of ether oxygens (including phenoxy) is 2. The highest BCUT2D eigenvalue weighted by molar-refractivity contribution is 7.89. The second-order valence-corrected chi connectivity index (χ2v) is 7.56. The number of fused-ring (bicyclic) bond motifs is 1. The average Bonchev–Trinajstić information content (AvgIpc) is 3.25. The first-order chi connectivity index (χ1) is 10.0. The third kappa shape index (κ3) is 3.16. The van der Waals surface area contributed by atoms with Gasteiger partial charge in [-0.25, -0.2) is 13.1 Å². The van der Waals surface area contributed by atoms with Gasteiger partial charge in [-0.2, -0.15) is 0 Å². The van der Waals surface area contributed by atoms with E-state index in [1.165, 1.54) is 0 Å². The number of hydrogen-bond acceptors (Lipinski definition) is 4. The molecule has 1 aliphatic carbocycles. The van der Waals surface area contributed by atoms with Crippen molar-refractivity contribution in [1.82, 2.24) is 4.72 Å². The van der Waals surface area contributed by atoms with Gasteiger partial charge in [-0.05, 0) is 37.0 Å². The Kier molecular flexibility index (Phi) is 3.84. The van der Waals surface area contributed by atoms with E-state index in [4.69, 9.17) is 9.47 Å². The molecule has 6 heteroatoms. The first-order valence-corrected chi connectivity index (χ1v) is 9.12. The smallest absolute Gasteiger partial charge is 0.212 e. The molecule has 2 aliphatic rings. The predicted octanol–water partition coefficient (Wildman–Crippen LogP) is 2.17. The van der Waals surface area contributed by atoms with Crippen LogP contribution in [0, 0.1) is 0 Å². The fraction of sp³-hybridized carbons (Fsp3) is 0.600. The number of unbranched alkanes of at least 4 members (excludes halogenated alkanes) is 1. The third-order valence-electron chi connectivity index (χ3n) is 3.96. The molecule has 0 radical (unpaired) electrons. The van der Waals surface area contributed by atoms with Crippen molar-refractivity contribution in [2.45, 2.75) is 38.1 Å². The molecule has 1 aliphatic heterocycles.